The molecule has 0 aliphatic carbocycles. The number of amides is 1. The molecular weight excluding hydrogens is 190 g/mol. The number of nitrogens with one attached hydrogen (secondary N) is 1. The van der Waals surface area contributed by atoms with Gasteiger partial charge in [0, 0.05) is 6.92 Å². The molecule has 1 rings (SSSR count). The zero-order chi connectivity index (χ0) is 10.9. The number of aliphatic hydroxyl groups is 2. The van der Waals surface area contributed by atoms with Gasteiger partial charge in [0.15, 0.2) is 12.1 Å². The zero-order valence-corrected chi connectivity index (χ0v) is 7.93. The molecule has 14 heavy (non-hydrogen) atoms. The van der Waals surface area contributed by atoms with Gasteiger partial charge in [-0.2, -0.15) is 0 Å². The fourth-order valence-corrected chi connectivity index (χ4v) is 1.35. The molecule has 1 aliphatic heterocycles. The molecule has 1 amide bonds. The van der Waals surface area contributed by atoms with Crippen LogP contribution in [0.2, 0.25) is 0 Å². The maximum Gasteiger partial charge on any atom is 0.331 e. The van der Waals surface area contributed by atoms with Crippen LogP contribution in [0.1, 0.15) is 13.8 Å². The fourth-order valence-electron chi connectivity index (χ4n) is 1.35. The quantitative estimate of drug-likeness (QED) is 0.458. The van der Waals surface area contributed by atoms with E-state index in [1.54, 1.807) is 0 Å². The van der Waals surface area contributed by atoms with Gasteiger partial charge in [-0.3, -0.25) is 4.79 Å². The van der Waals surface area contributed by atoms with Gasteiger partial charge in [0.1, 0.15) is 6.10 Å². The predicted octanol–water partition coefficient (Wildman–Crippen LogP) is -1.84. The van der Waals surface area contributed by atoms with Crippen LogP contribution in [0, 0.1) is 0 Å². The third-order valence-electron chi connectivity index (χ3n) is 2.02. The van der Waals surface area contributed by atoms with E-state index in [9.17, 15) is 14.7 Å². The van der Waals surface area contributed by atoms with Crippen molar-refractivity contribution < 1.29 is 24.5 Å². The zero-order valence-electron chi connectivity index (χ0n) is 7.93. The first kappa shape index (κ1) is 10.9. The van der Waals surface area contributed by atoms with Crippen molar-refractivity contribution in [3.63, 3.8) is 0 Å². The van der Waals surface area contributed by atoms with Gasteiger partial charge in [-0.25, -0.2) is 4.79 Å². The molecule has 4 unspecified atom stereocenters. The fraction of sp³-hybridized carbons (Fsp3) is 0.750. The third-order valence-corrected chi connectivity index (χ3v) is 2.02. The van der Waals surface area contributed by atoms with E-state index in [1.807, 2.05) is 0 Å². The number of hydrogen-bond donors (Lipinski definition) is 3. The lowest BCUT2D eigenvalue weighted by Crippen LogP contribution is -2.46. The highest BCUT2D eigenvalue weighted by atomic mass is 16.6. The SMILES string of the molecule is CC(=O)NC1C(=O)OC(C(C)O)C1O. The Balaban J connectivity index is 2.70. The number of aliphatic hydroxyl groups excluding tert-OH is 2. The average Bonchev–Trinajstić information content (AvgIpc) is 2.31. The van der Waals surface area contributed by atoms with Crippen LogP contribution in [0.5, 0.6) is 0 Å². The lowest BCUT2D eigenvalue weighted by atomic mass is 10.1. The number of carbonyl (C=O) groups excluding carboxylic acids is 2. The highest BCUT2D eigenvalue weighted by Gasteiger charge is 2.46. The van der Waals surface area contributed by atoms with E-state index < -0.39 is 36.2 Å². The molecule has 0 aromatic carbocycles. The van der Waals surface area contributed by atoms with E-state index in [1.165, 1.54) is 13.8 Å². The highest BCUT2D eigenvalue weighted by Crippen LogP contribution is 2.18. The van der Waals surface area contributed by atoms with Crippen molar-refractivity contribution in [3.8, 4) is 0 Å². The second-order valence-electron chi connectivity index (χ2n) is 3.31. The van der Waals surface area contributed by atoms with Crippen LogP contribution < -0.4 is 5.32 Å². The summed E-state index contributed by atoms with van der Waals surface area (Å²) in [6, 6.07) is -1.08. The Hall–Kier alpha value is -1.14. The van der Waals surface area contributed by atoms with Crippen molar-refractivity contribution in [2.24, 2.45) is 0 Å². The second kappa shape index (κ2) is 3.93. The number of esters is 1. The summed E-state index contributed by atoms with van der Waals surface area (Å²) in [6.07, 6.45) is -3.14. The van der Waals surface area contributed by atoms with E-state index in [-0.39, 0.29) is 0 Å². The minimum Gasteiger partial charge on any atom is -0.455 e. The summed E-state index contributed by atoms with van der Waals surface area (Å²) in [6.45, 7) is 2.63. The van der Waals surface area contributed by atoms with E-state index in [4.69, 9.17) is 9.84 Å². The van der Waals surface area contributed by atoms with Crippen LogP contribution in [-0.4, -0.2) is 46.4 Å². The van der Waals surface area contributed by atoms with Crippen molar-refractivity contribution in [2.45, 2.75) is 38.2 Å². The molecular formula is C8H13NO5. The number of ether oxygens (including phenoxy) is 1. The lowest BCUT2D eigenvalue weighted by Gasteiger charge is -2.17. The van der Waals surface area contributed by atoms with Gasteiger partial charge in [-0.05, 0) is 6.92 Å². The third kappa shape index (κ3) is 2.02. The number of rotatable bonds is 2. The molecule has 1 heterocycles. The molecule has 1 fully saturated rings. The molecule has 1 saturated heterocycles. The molecule has 4 atom stereocenters. The maximum absolute atomic E-state index is 11.1. The molecule has 3 N–H and O–H groups in total. The molecule has 6 nitrogen and oxygen atoms in total. The van der Waals surface area contributed by atoms with Gasteiger partial charge in [0.05, 0.1) is 6.10 Å². The number of carbonyl (C=O) groups is 2. The Labute approximate surface area is 80.9 Å². The maximum atomic E-state index is 11.1. The molecule has 0 aromatic heterocycles. The Morgan fingerprint density at radius 3 is 2.57 bits per heavy atom. The first-order valence-electron chi connectivity index (χ1n) is 4.27. The van der Waals surface area contributed by atoms with Crippen LogP contribution in [-0.2, 0) is 14.3 Å². The molecule has 1 aliphatic rings. The minimum atomic E-state index is -1.20. The monoisotopic (exact) mass is 203 g/mol. The smallest absolute Gasteiger partial charge is 0.331 e. The van der Waals surface area contributed by atoms with Crippen LogP contribution in [0.25, 0.3) is 0 Å². The summed E-state index contributed by atoms with van der Waals surface area (Å²) >= 11 is 0. The van der Waals surface area contributed by atoms with Crippen molar-refractivity contribution in [3.05, 3.63) is 0 Å². The van der Waals surface area contributed by atoms with Gasteiger partial charge in [-0.1, -0.05) is 0 Å². The molecule has 6 heteroatoms. The standard InChI is InChI=1S/C8H13NO5/c1-3(10)7-6(12)5(8(13)14-7)9-4(2)11/h3,5-7,10,12H,1-2H3,(H,9,11). The van der Waals surface area contributed by atoms with Gasteiger partial charge < -0.3 is 20.3 Å². The Morgan fingerprint density at radius 2 is 2.21 bits per heavy atom. The largest absolute Gasteiger partial charge is 0.455 e. The van der Waals surface area contributed by atoms with Gasteiger partial charge in [0.2, 0.25) is 5.91 Å². The van der Waals surface area contributed by atoms with E-state index >= 15 is 0 Å². The van der Waals surface area contributed by atoms with Crippen LogP contribution >= 0.6 is 0 Å². The van der Waals surface area contributed by atoms with Crippen molar-refractivity contribution in [2.75, 3.05) is 0 Å². The molecule has 0 aromatic rings. The Morgan fingerprint density at radius 1 is 1.64 bits per heavy atom. The Kier molecular flexibility index (Phi) is 3.07. The summed E-state index contributed by atoms with van der Waals surface area (Å²) in [4.78, 5) is 21.8. The van der Waals surface area contributed by atoms with Crippen molar-refractivity contribution >= 4 is 11.9 Å². The van der Waals surface area contributed by atoms with Crippen molar-refractivity contribution in [1.82, 2.24) is 5.32 Å². The average molecular weight is 203 g/mol. The van der Waals surface area contributed by atoms with E-state index in [0.29, 0.717) is 0 Å². The molecule has 0 bridgehead atoms. The van der Waals surface area contributed by atoms with Crippen LogP contribution in [0.15, 0.2) is 0 Å². The summed E-state index contributed by atoms with van der Waals surface area (Å²) < 4.78 is 4.69. The number of hydrogen-bond acceptors (Lipinski definition) is 5. The lowest BCUT2D eigenvalue weighted by molar-refractivity contribution is -0.147. The normalized spacial score (nSPS) is 33.7. The molecule has 0 radical (unpaired) electrons. The molecule has 0 saturated carbocycles. The summed E-state index contributed by atoms with van der Waals surface area (Å²) in [5, 5.41) is 20.9. The van der Waals surface area contributed by atoms with E-state index in [2.05, 4.69) is 5.32 Å². The highest BCUT2D eigenvalue weighted by molar-refractivity contribution is 5.85. The predicted molar refractivity (Wildman–Crippen MR) is 45.2 cm³/mol. The summed E-state index contributed by atoms with van der Waals surface area (Å²) in [7, 11) is 0. The first-order chi connectivity index (χ1) is 6.43. The second-order valence-corrected chi connectivity index (χ2v) is 3.31. The van der Waals surface area contributed by atoms with Crippen LogP contribution in [0.3, 0.4) is 0 Å². The topological polar surface area (TPSA) is 95.9 Å². The summed E-state index contributed by atoms with van der Waals surface area (Å²) in [5.41, 5.74) is 0. The van der Waals surface area contributed by atoms with Crippen LogP contribution in [0.4, 0.5) is 0 Å². The van der Waals surface area contributed by atoms with Gasteiger partial charge >= 0.3 is 5.97 Å². The molecule has 0 spiro atoms. The number of cyclic esters (lactones) is 1. The van der Waals surface area contributed by atoms with Crippen molar-refractivity contribution in [1.29, 1.82) is 0 Å². The minimum absolute atomic E-state index is 0.433. The van der Waals surface area contributed by atoms with Gasteiger partial charge in [-0.15, -0.1) is 0 Å². The summed E-state index contributed by atoms with van der Waals surface area (Å²) in [5.74, 6) is -1.16. The Bertz CT molecular complexity index is 252. The van der Waals surface area contributed by atoms with Gasteiger partial charge in [0.25, 0.3) is 0 Å². The first-order valence-corrected chi connectivity index (χ1v) is 4.27. The molecule has 80 valence electrons. The van der Waals surface area contributed by atoms with E-state index in [0.717, 1.165) is 0 Å².